The van der Waals surface area contributed by atoms with E-state index >= 15 is 0 Å². The Bertz CT molecular complexity index is 7440. The number of aromatic nitrogens is 16. The van der Waals surface area contributed by atoms with Crippen molar-refractivity contribution in [3.05, 3.63) is 255 Å². The first-order valence-electron chi connectivity index (χ1n) is 49.4. The molecule has 17 aromatic rings. The molecule has 0 bridgehead atoms. The second-order valence-electron chi connectivity index (χ2n) is 35.4. The molecule has 19 rings (SSSR count). The van der Waals surface area contributed by atoms with Crippen LogP contribution in [0, 0.1) is 5.92 Å². The fourth-order valence-corrected chi connectivity index (χ4v) is 16.8. The molecule has 1 saturated heterocycles. The van der Waals surface area contributed by atoms with Gasteiger partial charge in [0.05, 0.1) is 208 Å². The smallest absolute Gasteiger partial charge is 0.261 e. The van der Waals surface area contributed by atoms with E-state index in [0.717, 1.165) is 174 Å². The third-order valence-electron chi connectivity index (χ3n) is 24.5. The lowest BCUT2D eigenvalue weighted by molar-refractivity contribution is -0.120. The number of hydrogen-bond acceptors (Lipinski definition) is 30. The van der Waals surface area contributed by atoms with Crippen molar-refractivity contribution in [1.29, 1.82) is 0 Å². The maximum Gasteiger partial charge on any atom is 0.261 e. The topological polar surface area (TPSA) is 357 Å². The van der Waals surface area contributed by atoms with E-state index in [1.807, 2.05) is 198 Å². The molecule has 9 aromatic carbocycles. The minimum Gasteiger partial charge on any atom is -0.497 e. The van der Waals surface area contributed by atoms with Crippen molar-refractivity contribution >= 4 is 107 Å². The van der Waals surface area contributed by atoms with Crippen LogP contribution >= 0.6 is 0 Å². The van der Waals surface area contributed by atoms with E-state index in [0.29, 0.717) is 83.1 Å². The molecule has 0 aliphatic carbocycles. The minimum atomic E-state index is -2.56. The highest BCUT2D eigenvalue weighted by atomic mass is 16.5. The highest BCUT2D eigenvalue weighted by molar-refractivity contribution is 6.21. The van der Waals surface area contributed by atoms with Crippen LogP contribution in [0.3, 0.4) is 0 Å². The molecule has 0 spiro atoms. The highest BCUT2D eigenvalue weighted by Crippen LogP contribution is 2.42. The number of hydrogen-bond donors (Lipinski definition) is 2. The zero-order chi connectivity index (χ0) is 104. The van der Waals surface area contributed by atoms with Crippen LogP contribution in [0.25, 0.3) is 89.2 Å². The Labute approximate surface area is 845 Å². The first-order valence-corrected chi connectivity index (χ1v) is 47.9. The van der Waals surface area contributed by atoms with Crippen molar-refractivity contribution in [3.8, 4) is 91.0 Å². The summed E-state index contributed by atoms with van der Waals surface area (Å²) in [7, 11) is 12.4. The highest BCUT2D eigenvalue weighted by Gasteiger charge is 2.36. The predicted molar refractivity (Wildman–Crippen MR) is 561 cm³/mol. The fourth-order valence-electron chi connectivity index (χ4n) is 16.8. The number of ether oxygens (including phenoxy) is 9. The number of amides is 2. The van der Waals surface area contributed by atoms with Gasteiger partial charge in [-0.15, -0.1) is 0 Å². The number of aliphatic hydroxyl groups is 1. The molecule has 2 atom stereocenters. The predicted octanol–water partition coefficient (Wildman–Crippen LogP) is 19.1. The van der Waals surface area contributed by atoms with Crippen LogP contribution in [-0.4, -0.2) is 221 Å². The van der Waals surface area contributed by atoms with Gasteiger partial charge < -0.3 is 72.7 Å². The Morgan fingerprint density at radius 1 is 0.434 bits per heavy atom. The molecule has 35 nitrogen and oxygen atoms in total. The van der Waals surface area contributed by atoms with Gasteiger partial charge in [0.2, 0.25) is 0 Å². The van der Waals surface area contributed by atoms with Gasteiger partial charge in [-0.05, 0) is 117 Å². The summed E-state index contributed by atoms with van der Waals surface area (Å²) >= 11 is 0. The molecule has 0 radical (unpaired) electrons. The Hall–Kier alpha value is -16.5. The van der Waals surface area contributed by atoms with Crippen LogP contribution in [0.4, 0.5) is 45.5 Å². The van der Waals surface area contributed by atoms with E-state index < -0.39 is 13.1 Å². The summed E-state index contributed by atoms with van der Waals surface area (Å²) in [6, 6.07) is 52.5. The van der Waals surface area contributed by atoms with Crippen LogP contribution in [0.15, 0.2) is 244 Å². The molecule has 145 heavy (non-hydrogen) atoms. The van der Waals surface area contributed by atoms with E-state index in [1.165, 1.54) is 12.0 Å². The number of rotatable bonds is 36. The molecule has 35 heteroatoms. The van der Waals surface area contributed by atoms with E-state index in [1.54, 1.807) is 150 Å². The minimum absolute atomic E-state index is 0.0397. The Kier molecular flexibility index (Phi) is 31.5. The van der Waals surface area contributed by atoms with Gasteiger partial charge in [0.1, 0.15) is 52.2 Å². The van der Waals surface area contributed by atoms with Gasteiger partial charge in [-0.1, -0.05) is 53.7 Å². The quantitative estimate of drug-likeness (QED) is 0.0344. The maximum absolute atomic E-state index is 13.1. The lowest BCUT2D eigenvalue weighted by atomic mass is 10.1. The van der Waals surface area contributed by atoms with Gasteiger partial charge in [-0.25, -0.2) is 24.6 Å². The summed E-state index contributed by atoms with van der Waals surface area (Å²) in [6.07, 6.45) is 26.2. The standard InChI is InChI=1S/C32H30N6O4.C27H31N5O3.C26H32N6O3.C25H27N5O3/c1-4-11-36-20-21(18-34-36)30-19-33-28-10-9-22(16-29(28)35-30)37(23-14-24(41-2)17-25(15-23)42-3)12-13-38-31(39)26-7-5-6-8-27(26)32(38)40;1-4-10-31(21-12-22(33-2)15-23(13-21)34-3)20-8-9-24-25(14-20)30-26(17-28-24)19-16-29-32(18-19)27-7-5-6-11-35-27;1-17(2)27-13-21(33)16-32(20-8-22(34-4)11-23(9-20)35-5)19-6-7-24-25(10-19)30-26(14-28-24)18-12-29-31(3)15-18;1-16(2)25(31)15-30(19-8-20(32-4)11-21(9-19)33-5)18-6-7-22-23(10-18)28-24(13-26-22)17-12-27-29(3)14-17/h5-10,14-20H,4,11-13H2,1-3H3;8-9,12-18,27H,4-7,10-11H2,1-3H3;6-12,14-15,17,21,27,33H,13,16H2,1-5H3;6-14,16H,15H2,1-5H3/i;2D3;;. The molecular weight excluding hydrogens is 1840 g/mol. The molecule has 2 amide bonds. The summed E-state index contributed by atoms with van der Waals surface area (Å²) in [5.74, 6) is 3.99. The first kappa shape index (κ1) is 97.3. The lowest BCUT2D eigenvalue weighted by Gasteiger charge is -2.29. The van der Waals surface area contributed by atoms with Crippen molar-refractivity contribution in [2.45, 2.75) is 98.6 Å². The molecule has 10 heterocycles. The number of carbonyl (C=O) groups excluding carboxylic acids is 3. The summed E-state index contributed by atoms with van der Waals surface area (Å²) < 4.78 is 79.1. The fraction of sp³-hybridized carbons (Fsp3) is 0.300. The number of benzene rings is 9. The summed E-state index contributed by atoms with van der Waals surface area (Å²) in [4.78, 5) is 86.2. The number of nitrogens with one attached hydrogen (secondary N) is 1. The Morgan fingerprint density at radius 3 is 1.21 bits per heavy atom. The number of fused-ring (bicyclic) bond motifs is 5. The molecule has 2 N–H and O–H groups in total. The molecule has 1 fully saturated rings. The summed E-state index contributed by atoms with van der Waals surface area (Å²) in [5.41, 5.74) is 19.9. The summed E-state index contributed by atoms with van der Waals surface area (Å²) in [5, 5.41) is 31.5. The monoisotopic (exact) mass is 1960 g/mol. The number of ketones is 1. The van der Waals surface area contributed by atoms with Crippen molar-refractivity contribution < 1.29 is 66.2 Å². The number of nitrogens with zero attached hydrogens (tertiary/aromatic N) is 21. The average Bonchev–Trinajstić information content (AvgIpc) is 1.58. The van der Waals surface area contributed by atoms with E-state index in [2.05, 4.69) is 78.2 Å². The molecule has 2 aliphatic heterocycles. The number of anilines is 8. The second kappa shape index (κ2) is 46.9. The number of methoxy groups -OCH3 is 8. The number of imide groups is 1. The molecule has 748 valence electrons. The SMILES string of the molecule is CCCn1cc(-c2cnc3ccc(N(CCN4C(=O)c5ccccc5C4=O)c4cc(OC)cc(OC)c4)cc3n2)cn1.COc1cc(OC)cc(N(CC(=O)C(C)C)c2ccc3ncc(-c4cnn(C)c4)nc3c2)c1.COc1cc(OC)cc(N(CC(O)CNC(C)C)c2ccc3ncc(-c4cnn(C)c4)nc3c2)c1.[2H]C([2H])([2H])Oc1cc(OC)cc(N(CCC)c2ccc3ncc(-c4cnn(C5CCCCO5)c4)nc3c2)c1. The molecule has 8 aromatic heterocycles. The van der Waals surface area contributed by atoms with Gasteiger partial charge in [0.15, 0.2) is 5.78 Å². The maximum atomic E-state index is 13.1. The second-order valence-corrected chi connectivity index (χ2v) is 35.4. The van der Waals surface area contributed by atoms with Crippen LogP contribution in [0.2, 0.25) is 0 Å². The van der Waals surface area contributed by atoms with Gasteiger partial charge in [0, 0.05) is 231 Å². The number of carbonyl (C=O) groups is 3. The van der Waals surface area contributed by atoms with Crippen LogP contribution < -0.4 is 62.8 Å². The van der Waals surface area contributed by atoms with Gasteiger partial charge in [0.25, 0.3) is 11.8 Å². The largest absolute Gasteiger partial charge is 0.497 e. The molecule has 0 saturated carbocycles. The van der Waals surface area contributed by atoms with Crippen molar-refractivity contribution in [2.24, 2.45) is 20.0 Å². The molecule has 2 unspecified atom stereocenters. The number of aliphatic hydroxyl groups excluding tert-OH is 1. The molecular formula is C110H120N22O13. The van der Waals surface area contributed by atoms with Crippen molar-refractivity contribution in [3.63, 3.8) is 0 Å². The van der Waals surface area contributed by atoms with Gasteiger partial charge in [-0.3, -0.25) is 53.3 Å². The Balaban J connectivity index is 0.000000141. The average molecular weight is 1960 g/mol. The van der Waals surface area contributed by atoms with Crippen LogP contribution in [0.1, 0.15) is 105 Å². The van der Waals surface area contributed by atoms with Crippen LogP contribution in [-0.2, 0) is 30.2 Å². The van der Waals surface area contributed by atoms with Crippen molar-refractivity contribution in [1.82, 2.24) is 89.2 Å². The zero-order valence-corrected chi connectivity index (χ0v) is 83.8. The molecule has 2 aliphatic rings. The van der Waals surface area contributed by atoms with Gasteiger partial charge >= 0.3 is 0 Å². The van der Waals surface area contributed by atoms with Crippen LogP contribution in [0.5, 0.6) is 46.0 Å². The first-order chi connectivity index (χ1) is 71.5. The lowest BCUT2D eigenvalue weighted by Crippen LogP contribution is -2.38. The number of aryl methyl sites for hydroxylation is 3. The number of Topliss-reactive ketones (excluding diaryl/α,β-unsaturated/α-hetero) is 1. The third-order valence-corrected chi connectivity index (χ3v) is 24.5. The third kappa shape index (κ3) is 24.5. The van der Waals surface area contributed by atoms with E-state index in [4.69, 9.17) is 66.7 Å². The summed E-state index contributed by atoms with van der Waals surface area (Å²) in [6.45, 7) is 15.9. The Morgan fingerprint density at radius 2 is 0.821 bits per heavy atom. The van der Waals surface area contributed by atoms with Crippen molar-refractivity contribution in [2.75, 3.05) is 122 Å². The normalized spacial score (nSPS) is 13.3. The zero-order valence-electron chi connectivity index (χ0n) is 86.8. The van der Waals surface area contributed by atoms with E-state index in [-0.39, 0.29) is 54.6 Å². The van der Waals surface area contributed by atoms with Gasteiger partial charge in [-0.2, -0.15) is 20.4 Å². The van der Waals surface area contributed by atoms with E-state index in [9.17, 15) is 19.5 Å².